The summed E-state index contributed by atoms with van der Waals surface area (Å²) in [5.74, 6) is 0.109. The van der Waals surface area contributed by atoms with Crippen LogP contribution in [0.15, 0.2) is 24.3 Å². The molecule has 1 amide bonds. The summed E-state index contributed by atoms with van der Waals surface area (Å²) in [6.07, 6.45) is 0.217. The van der Waals surface area contributed by atoms with E-state index in [4.69, 9.17) is 5.21 Å². The minimum Gasteiger partial charge on any atom is -0.289 e. The Bertz CT molecular complexity index is 304. The van der Waals surface area contributed by atoms with Crippen molar-refractivity contribution in [2.75, 3.05) is 0 Å². The lowest BCUT2D eigenvalue weighted by Crippen LogP contribution is -2.20. The van der Waals surface area contributed by atoms with E-state index >= 15 is 0 Å². The predicted molar refractivity (Wildman–Crippen MR) is 54.2 cm³/mol. The molecule has 0 fully saturated rings. The minimum atomic E-state index is -0.387. The Morgan fingerprint density at radius 1 is 1.36 bits per heavy atom. The van der Waals surface area contributed by atoms with Gasteiger partial charge in [0.15, 0.2) is 0 Å². The van der Waals surface area contributed by atoms with Gasteiger partial charge in [-0.05, 0) is 17.0 Å². The van der Waals surface area contributed by atoms with Crippen molar-refractivity contribution >= 4 is 5.91 Å². The summed E-state index contributed by atoms with van der Waals surface area (Å²) in [4.78, 5) is 10.8. The molecule has 0 aliphatic heterocycles. The molecular formula is C11H15NO2. The van der Waals surface area contributed by atoms with Crippen molar-refractivity contribution in [1.29, 1.82) is 0 Å². The number of benzene rings is 1. The number of carbonyl (C=O) groups excluding carboxylic acids is 1. The van der Waals surface area contributed by atoms with E-state index in [-0.39, 0.29) is 12.3 Å². The molecule has 76 valence electrons. The first-order chi connectivity index (χ1) is 6.63. The Morgan fingerprint density at radius 3 is 2.36 bits per heavy atom. The molecule has 0 saturated heterocycles. The van der Waals surface area contributed by atoms with E-state index in [1.165, 1.54) is 5.56 Å². The SMILES string of the molecule is CC(C)c1ccc(CC(=O)NO)cc1. The summed E-state index contributed by atoms with van der Waals surface area (Å²) in [7, 11) is 0. The Morgan fingerprint density at radius 2 is 1.93 bits per heavy atom. The van der Waals surface area contributed by atoms with Crippen LogP contribution in [0.25, 0.3) is 0 Å². The Hall–Kier alpha value is -1.35. The number of hydrogen-bond donors (Lipinski definition) is 2. The van der Waals surface area contributed by atoms with Gasteiger partial charge in [-0.15, -0.1) is 0 Å². The number of amides is 1. The normalized spacial score (nSPS) is 10.3. The Balaban J connectivity index is 2.69. The van der Waals surface area contributed by atoms with Gasteiger partial charge in [0.1, 0.15) is 0 Å². The van der Waals surface area contributed by atoms with E-state index in [9.17, 15) is 4.79 Å². The van der Waals surface area contributed by atoms with Crippen LogP contribution in [0.5, 0.6) is 0 Å². The molecule has 1 aromatic carbocycles. The van der Waals surface area contributed by atoms with Crippen molar-refractivity contribution in [3.8, 4) is 0 Å². The lowest BCUT2D eigenvalue weighted by Gasteiger charge is -2.05. The van der Waals surface area contributed by atoms with Gasteiger partial charge in [0.2, 0.25) is 5.91 Å². The summed E-state index contributed by atoms with van der Waals surface area (Å²) in [6, 6.07) is 7.82. The summed E-state index contributed by atoms with van der Waals surface area (Å²) < 4.78 is 0. The predicted octanol–water partition coefficient (Wildman–Crippen LogP) is 1.86. The van der Waals surface area contributed by atoms with Gasteiger partial charge in [0.25, 0.3) is 0 Å². The molecule has 0 radical (unpaired) electrons. The topological polar surface area (TPSA) is 49.3 Å². The first-order valence-corrected chi connectivity index (χ1v) is 4.65. The molecule has 0 unspecified atom stereocenters. The van der Waals surface area contributed by atoms with Crippen LogP contribution < -0.4 is 5.48 Å². The quantitative estimate of drug-likeness (QED) is 0.568. The number of carbonyl (C=O) groups is 1. The van der Waals surface area contributed by atoms with E-state index in [1.807, 2.05) is 24.3 Å². The molecule has 2 N–H and O–H groups in total. The molecule has 0 aliphatic carbocycles. The maximum atomic E-state index is 10.8. The highest BCUT2D eigenvalue weighted by Gasteiger charge is 2.02. The Labute approximate surface area is 83.7 Å². The van der Waals surface area contributed by atoms with E-state index in [2.05, 4.69) is 13.8 Å². The molecule has 0 aliphatic rings. The molecule has 0 saturated carbocycles. The number of hydroxylamine groups is 1. The molecule has 3 heteroatoms. The fraction of sp³-hybridized carbons (Fsp3) is 0.364. The molecule has 0 heterocycles. The van der Waals surface area contributed by atoms with Gasteiger partial charge >= 0.3 is 0 Å². The second-order valence-corrected chi connectivity index (χ2v) is 3.61. The average molecular weight is 193 g/mol. The third-order valence-corrected chi connectivity index (χ3v) is 2.14. The van der Waals surface area contributed by atoms with Gasteiger partial charge in [0.05, 0.1) is 6.42 Å². The molecule has 0 atom stereocenters. The second kappa shape index (κ2) is 4.77. The van der Waals surface area contributed by atoms with Crippen molar-refractivity contribution in [3.05, 3.63) is 35.4 Å². The van der Waals surface area contributed by atoms with Crippen LogP contribution in [0.4, 0.5) is 0 Å². The van der Waals surface area contributed by atoms with Gasteiger partial charge in [-0.25, -0.2) is 5.48 Å². The summed E-state index contributed by atoms with van der Waals surface area (Å²) in [6.45, 7) is 4.24. The molecule has 1 aromatic rings. The number of nitrogens with one attached hydrogen (secondary N) is 1. The van der Waals surface area contributed by atoms with E-state index in [1.54, 1.807) is 5.48 Å². The molecule has 0 bridgehead atoms. The fourth-order valence-corrected chi connectivity index (χ4v) is 1.25. The van der Waals surface area contributed by atoms with Gasteiger partial charge in [-0.2, -0.15) is 0 Å². The monoisotopic (exact) mass is 193 g/mol. The third kappa shape index (κ3) is 2.85. The highest BCUT2D eigenvalue weighted by molar-refractivity contribution is 5.77. The highest BCUT2D eigenvalue weighted by atomic mass is 16.5. The van der Waals surface area contributed by atoms with Crippen molar-refractivity contribution < 1.29 is 10.0 Å². The molecule has 1 rings (SSSR count). The lowest BCUT2D eigenvalue weighted by molar-refractivity contribution is -0.128. The molecule has 14 heavy (non-hydrogen) atoms. The third-order valence-electron chi connectivity index (χ3n) is 2.14. The standard InChI is InChI=1S/C11H15NO2/c1-8(2)10-5-3-9(4-6-10)7-11(13)12-14/h3-6,8,14H,7H2,1-2H3,(H,12,13). The first-order valence-electron chi connectivity index (χ1n) is 4.65. The molecule has 3 nitrogen and oxygen atoms in total. The van der Waals surface area contributed by atoms with E-state index in [0.717, 1.165) is 5.56 Å². The molecular weight excluding hydrogens is 178 g/mol. The summed E-state index contributed by atoms with van der Waals surface area (Å²) in [5, 5.41) is 8.34. The van der Waals surface area contributed by atoms with Crippen LogP contribution >= 0.6 is 0 Å². The number of hydrogen-bond acceptors (Lipinski definition) is 2. The van der Waals surface area contributed by atoms with E-state index < -0.39 is 0 Å². The highest BCUT2D eigenvalue weighted by Crippen LogP contribution is 2.14. The van der Waals surface area contributed by atoms with Crippen molar-refractivity contribution in [1.82, 2.24) is 5.48 Å². The second-order valence-electron chi connectivity index (χ2n) is 3.61. The zero-order chi connectivity index (χ0) is 10.6. The van der Waals surface area contributed by atoms with Crippen molar-refractivity contribution in [2.45, 2.75) is 26.2 Å². The zero-order valence-electron chi connectivity index (χ0n) is 8.45. The number of rotatable bonds is 3. The maximum Gasteiger partial charge on any atom is 0.247 e. The Kier molecular flexibility index (Phi) is 3.65. The van der Waals surface area contributed by atoms with Crippen molar-refractivity contribution in [2.24, 2.45) is 0 Å². The molecule has 0 aromatic heterocycles. The zero-order valence-corrected chi connectivity index (χ0v) is 8.45. The van der Waals surface area contributed by atoms with Crippen LogP contribution in [-0.2, 0) is 11.2 Å². The minimum absolute atomic E-state index is 0.217. The smallest absolute Gasteiger partial charge is 0.247 e. The van der Waals surface area contributed by atoms with Crippen LogP contribution in [0.2, 0.25) is 0 Å². The van der Waals surface area contributed by atoms with Crippen LogP contribution in [0.1, 0.15) is 30.9 Å². The van der Waals surface area contributed by atoms with Crippen LogP contribution in [-0.4, -0.2) is 11.1 Å². The maximum absolute atomic E-state index is 10.8. The summed E-state index contributed by atoms with van der Waals surface area (Å²) >= 11 is 0. The average Bonchev–Trinajstić information content (AvgIpc) is 2.18. The van der Waals surface area contributed by atoms with Crippen LogP contribution in [0, 0.1) is 0 Å². The van der Waals surface area contributed by atoms with Crippen molar-refractivity contribution in [3.63, 3.8) is 0 Å². The van der Waals surface area contributed by atoms with Gasteiger partial charge in [-0.3, -0.25) is 10.0 Å². The van der Waals surface area contributed by atoms with Gasteiger partial charge in [0, 0.05) is 0 Å². The fourth-order valence-electron chi connectivity index (χ4n) is 1.25. The van der Waals surface area contributed by atoms with E-state index in [0.29, 0.717) is 5.92 Å². The molecule has 0 spiro atoms. The van der Waals surface area contributed by atoms with Gasteiger partial charge < -0.3 is 0 Å². The summed E-state index contributed by atoms with van der Waals surface area (Å²) in [5.41, 5.74) is 3.76. The largest absolute Gasteiger partial charge is 0.289 e. The lowest BCUT2D eigenvalue weighted by atomic mass is 10.0. The first kappa shape index (κ1) is 10.7. The van der Waals surface area contributed by atoms with Gasteiger partial charge in [-0.1, -0.05) is 38.1 Å². The van der Waals surface area contributed by atoms with Crippen LogP contribution in [0.3, 0.4) is 0 Å².